The van der Waals surface area contributed by atoms with Crippen molar-refractivity contribution in [1.29, 1.82) is 5.26 Å². The number of anilines is 3. The van der Waals surface area contributed by atoms with E-state index < -0.39 is 11.4 Å². The lowest BCUT2D eigenvalue weighted by Gasteiger charge is -2.33. The Balaban J connectivity index is 1.04. The number of thiophene rings is 1. The molecule has 4 aliphatic carbocycles. The normalized spacial score (nSPS) is 15.3. The number of nitrogens with zero attached hydrogens (tertiary/aromatic N) is 2. The minimum Gasteiger partial charge on any atom is -0.477 e. The fraction of sp³-hybridized carbons (Fsp3) is 0.111. The molecule has 0 saturated carbocycles. The van der Waals surface area contributed by atoms with Crippen molar-refractivity contribution in [1.82, 2.24) is 0 Å². The summed E-state index contributed by atoms with van der Waals surface area (Å²) in [6.07, 6.45) is 1.46. The van der Waals surface area contributed by atoms with Gasteiger partial charge in [-0.25, -0.2) is 4.79 Å². The van der Waals surface area contributed by atoms with Crippen molar-refractivity contribution < 1.29 is 9.90 Å². The largest absolute Gasteiger partial charge is 0.477 e. The van der Waals surface area contributed by atoms with E-state index in [1.54, 1.807) is 0 Å². The average molecular weight is 893 g/mol. The zero-order chi connectivity index (χ0) is 46.3. The minimum absolute atomic E-state index is 0.179. The number of rotatable bonds is 6. The Kier molecular flexibility index (Phi) is 8.43. The van der Waals surface area contributed by atoms with Crippen LogP contribution in [0.2, 0.25) is 0 Å². The molecule has 1 aromatic heterocycles. The Morgan fingerprint density at radius 2 is 0.882 bits per heavy atom. The van der Waals surface area contributed by atoms with Crippen LogP contribution in [0.3, 0.4) is 0 Å². The number of carboxylic acid groups (broad SMARTS) is 1. The van der Waals surface area contributed by atoms with Gasteiger partial charge in [-0.05, 0) is 155 Å². The van der Waals surface area contributed by atoms with E-state index in [9.17, 15) is 15.2 Å². The summed E-state index contributed by atoms with van der Waals surface area (Å²) in [4.78, 5) is 16.0. The van der Waals surface area contributed by atoms with Crippen LogP contribution in [0.4, 0.5) is 17.1 Å². The van der Waals surface area contributed by atoms with Crippen molar-refractivity contribution in [3.05, 3.63) is 237 Å². The number of benzene rings is 8. The van der Waals surface area contributed by atoms with E-state index in [-0.39, 0.29) is 16.4 Å². The highest BCUT2D eigenvalue weighted by Gasteiger charge is 2.52. The molecule has 0 radical (unpaired) electrons. The molecule has 4 nitrogen and oxygen atoms in total. The molecule has 8 aromatic carbocycles. The topological polar surface area (TPSA) is 64.3 Å². The molecule has 68 heavy (non-hydrogen) atoms. The van der Waals surface area contributed by atoms with E-state index in [0.29, 0.717) is 0 Å². The van der Waals surface area contributed by atoms with Crippen LogP contribution in [0.1, 0.15) is 77.1 Å². The van der Waals surface area contributed by atoms with Crippen LogP contribution < -0.4 is 4.90 Å². The van der Waals surface area contributed by atoms with Gasteiger partial charge < -0.3 is 10.0 Å². The first-order valence-electron chi connectivity index (χ1n) is 23.2. The van der Waals surface area contributed by atoms with Gasteiger partial charge in [0.1, 0.15) is 11.6 Å². The van der Waals surface area contributed by atoms with Gasteiger partial charge in [0, 0.05) is 37.6 Å². The van der Waals surface area contributed by atoms with Crippen LogP contribution in [0.25, 0.3) is 61.0 Å². The monoisotopic (exact) mass is 892 g/mol. The molecule has 1 N–H and O–H groups in total. The average Bonchev–Trinajstić information content (AvgIpc) is 4.13. The van der Waals surface area contributed by atoms with Gasteiger partial charge in [-0.1, -0.05) is 155 Å². The van der Waals surface area contributed by atoms with Gasteiger partial charge >= 0.3 is 5.97 Å². The molecule has 9 aromatic rings. The first-order valence-corrected chi connectivity index (χ1v) is 24.0. The maximum Gasteiger partial charge on any atom is 0.346 e. The number of carboxylic acids is 1. The molecule has 0 saturated heterocycles. The maximum atomic E-state index is 11.8. The van der Waals surface area contributed by atoms with E-state index in [2.05, 4.69) is 202 Å². The van der Waals surface area contributed by atoms with Crippen LogP contribution in [-0.2, 0) is 21.0 Å². The van der Waals surface area contributed by atoms with Crippen molar-refractivity contribution in [3.8, 4) is 61.0 Å². The van der Waals surface area contributed by atoms with Crippen LogP contribution in [-0.4, -0.2) is 11.1 Å². The predicted octanol–water partition coefficient (Wildman–Crippen LogP) is 15.8. The quantitative estimate of drug-likeness (QED) is 0.133. The summed E-state index contributed by atoms with van der Waals surface area (Å²) in [6.45, 7) is 9.42. The SMILES string of the molecule is CC1(C)c2ccccc2-c2ccc(N(c3ccc4c(c3)C(C)(C)c3ccccc3-4)c3ccc4c(c3)C3(c5ccccc5-c5ccccc53)c3cc(-c5ccc(C=C(C#N)C(=O)O)s5)ccc3-4)cc21. The molecule has 324 valence electrons. The van der Waals surface area contributed by atoms with Crippen LogP contribution >= 0.6 is 11.3 Å². The van der Waals surface area contributed by atoms with E-state index in [1.807, 2.05) is 18.2 Å². The summed E-state index contributed by atoms with van der Waals surface area (Å²) >= 11 is 1.49. The van der Waals surface area contributed by atoms with E-state index in [4.69, 9.17) is 0 Å². The lowest BCUT2D eigenvalue weighted by Crippen LogP contribution is -2.26. The second kappa shape index (κ2) is 14.2. The lowest BCUT2D eigenvalue weighted by molar-refractivity contribution is -0.132. The van der Waals surface area contributed by atoms with Gasteiger partial charge in [0.2, 0.25) is 0 Å². The summed E-state index contributed by atoms with van der Waals surface area (Å²) in [6, 6.07) is 69.4. The van der Waals surface area contributed by atoms with Gasteiger partial charge in [-0.3, -0.25) is 0 Å². The molecule has 0 amide bonds. The summed E-state index contributed by atoms with van der Waals surface area (Å²) < 4.78 is 0. The molecule has 5 heteroatoms. The Labute approximate surface area is 400 Å². The second-order valence-corrected chi connectivity index (χ2v) is 20.8. The summed E-state index contributed by atoms with van der Waals surface area (Å²) in [5, 5.41) is 19.1. The summed E-state index contributed by atoms with van der Waals surface area (Å²) in [7, 11) is 0. The summed E-state index contributed by atoms with van der Waals surface area (Å²) in [5.74, 6) is -1.23. The predicted molar refractivity (Wildman–Crippen MR) is 277 cm³/mol. The fourth-order valence-electron chi connectivity index (χ4n) is 12.4. The number of aliphatic carboxylic acids is 1. The van der Waals surface area contributed by atoms with Crippen LogP contribution in [0.5, 0.6) is 0 Å². The van der Waals surface area contributed by atoms with Crippen LogP contribution in [0, 0.1) is 11.3 Å². The molecule has 13 rings (SSSR count). The van der Waals surface area contributed by atoms with Gasteiger partial charge in [0.05, 0.1) is 5.41 Å². The molecular weight excluding hydrogens is 849 g/mol. The van der Waals surface area contributed by atoms with Crippen molar-refractivity contribution in [2.24, 2.45) is 0 Å². The lowest BCUT2D eigenvalue weighted by atomic mass is 9.70. The van der Waals surface area contributed by atoms with Gasteiger partial charge in [0.15, 0.2) is 0 Å². The van der Waals surface area contributed by atoms with Gasteiger partial charge in [-0.15, -0.1) is 11.3 Å². The standard InChI is InChI=1S/C63H44N2O2S/c1-61(2)51-17-9-5-13-43(51)47-27-22-39(33-55(47)61)65(40-23-28-48-44-14-6-10-18-52(44)62(3,4)56(48)34-40)41-24-29-50-49-26-21-37(59-30-25-42(68-59)31-38(36-64)60(66)67)32-57(49)63(58(50)35-41)53-19-11-7-15-45(53)46-16-8-12-20-54(46)63/h5-35H,1-4H3,(H,66,67). The molecule has 0 atom stereocenters. The Bertz CT molecular complexity index is 3610. The smallest absolute Gasteiger partial charge is 0.346 e. The third-order valence-corrected chi connectivity index (χ3v) is 16.6. The van der Waals surface area contributed by atoms with Gasteiger partial charge in [-0.2, -0.15) is 5.26 Å². The van der Waals surface area contributed by atoms with Crippen molar-refractivity contribution >= 4 is 40.4 Å². The third kappa shape index (κ3) is 5.38. The second-order valence-electron chi connectivity index (χ2n) is 19.6. The Morgan fingerprint density at radius 1 is 0.485 bits per heavy atom. The Morgan fingerprint density at radius 3 is 1.37 bits per heavy atom. The highest BCUT2D eigenvalue weighted by Crippen LogP contribution is 2.64. The molecule has 0 unspecified atom stereocenters. The van der Waals surface area contributed by atoms with Crippen molar-refractivity contribution in [2.75, 3.05) is 4.90 Å². The molecule has 0 aliphatic heterocycles. The van der Waals surface area contributed by atoms with E-state index in [0.717, 1.165) is 32.4 Å². The number of carbonyl (C=O) groups is 1. The molecule has 1 spiro atoms. The van der Waals surface area contributed by atoms with E-state index >= 15 is 0 Å². The molecule has 1 heterocycles. The van der Waals surface area contributed by atoms with Gasteiger partial charge in [0.25, 0.3) is 0 Å². The highest BCUT2D eigenvalue weighted by molar-refractivity contribution is 7.16. The third-order valence-electron chi connectivity index (χ3n) is 15.5. The maximum absolute atomic E-state index is 11.8. The van der Waals surface area contributed by atoms with Crippen LogP contribution in [0.15, 0.2) is 188 Å². The van der Waals surface area contributed by atoms with Crippen molar-refractivity contribution in [2.45, 2.75) is 43.9 Å². The zero-order valence-electron chi connectivity index (χ0n) is 38.1. The first kappa shape index (κ1) is 40.3. The highest BCUT2D eigenvalue weighted by atomic mass is 32.1. The molecule has 4 aliphatic rings. The minimum atomic E-state index is -1.23. The molecular formula is C63H44N2O2S. The fourth-order valence-corrected chi connectivity index (χ4v) is 13.3. The molecule has 0 bridgehead atoms. The first-order chi connectivity index (χ1) is 33.0. The number of hydrogen-bond donors (Lipinski definition) is 1. The van der Waals surface area contributed by atoms with E-state index in [1.165, 1.54) is 106 Å². The number of nitriles is 1. The zero-order valence-corrected chi connectivity index (χ0v) is 38.9. The Hall–Kier alpha value is -8.04. The molecule has 0 fully saturated rings. The number of hydrogen-bond acceptors (Lipinski definition) is 4. The number of fused-ring (bicyclic) bond motifs is 16. The summed E-state index contributed by atoms with van der Waals surface area (Å²) in [5.41, 5.74) is 23.5. The van der Waals surface area contributed by atoms with Crippen molar-refractivity contribution in [3.63, 3.8) is 0 Å².